The van der Waals surface area contributed by atoms with E-state index in [0.717, 1.165) is 19.5 Å². The number of carbonyl (C=O) groups is 1. The summed E-state index contributed by atoms with van der Waals surface area (Å²) in [6.45, 7) is 3.67. The second-order valence-corrected chi connectivity index (χ2v) is 4.59. The Morgan fingerprint density at radius 1 is 1.47 bits per heavy atom. The number of aromatic carboxylic acids is 1. The second-order valence-electron chi connectivity index (χ2n) is 4.19. The summed E-state index contributed by atoms with van der Waals surface area (Å²) in [4.78, 5) is 13.3. The van der Waals surface area contributed by atoms with E-state index in [2.05, 4.69) is 13.0 Å². The molecule has 0 saturated carbocycles. The van der Waals surface area contributed by atoms with Gasteiger partial charge in [-0.05, 0) is 25.5 Å². The smallest absolute Gasteiger partial charge is 0.339 e. The van der Waals surface area contributed by atoms with Crippen molar-refractivity contribution in [1.29, 1.82) is 0 Å². The van der Waals surface area contributed by atoms with Crippen molar-refractivity contribution in [3.63, 3.8) is 0 Å². The van der Waals surface area contributed by atoms with Gasteiger partial charge in [0.25, 0.3) is 0 Å². The Balaban J connectivity index is 2.39. The quantitative estimate of drug-likeness (QED) is 0.821. The van der Waals surface area contributed by atoms with Gasteiger partial charge >= 0.3 is 5.97 Å². The first kappa shape index (κ1) is 12.0. The number of hydrogen-bond acceptors (Lipinski definition) is 2. The third-order valence-electron chi connectivity index (χ3n) is 2.98. The summed E-state index contributed by atoms with van der Waals surface area (Å²) >= 11 is 5.95. The number of carboxylic acid groups (broad SMARTS) is 1. The van der Waals surface area contributed by atoms with Gasteiger partial charge in [-0.15, -0.1) is 0 Å². The molecule has 1 heterocycles. The molecule has 17 heavy (non-hydrogen) atoms. The summed E-state index contributed by atoms with van der Waals surface area (Å²) in [7, 11) is 0. The Bertz CT molecular complexity index is 482. The molecular formula is C13H14ClNO2. The largest absolute Gasteiger partial charge is 0.478 e. The number of hydrogen-bond donors (Lipinski definition) is 1. The number of rotatable bonds is 2. The highest BCUT2D eigenvalue weighted by Gasteiger charge is 2.19. The maximum Gasteiger partial charge on any atom is 0.339 e. The van der Waals surface area contributed by atoms with Crippen molar-refractivity contribution < 1.29 is 9.90 Å². The van der Waals surface area contributed by atoms with Crippen molar-refractivity contribution >= 4 is 23.3 Å². The molecule has 2 rings (SSSR count). The minimum atomic E-state index is -0.975. The van der Waals surface area contributed by atoms with Crippen LogP contribution in [0, 0.1) is 0 Å². The van der Waals surface area contributed by atoms with Crippen molar-refractivity contribution in [1.82, 2.24) is 0 Å². The molecule has 4 heteroatoms. The zero-order valence-electron chi connectivity index (χ0n) is 9.61. The summed E-state index contributed by atoms with van der Waals surface area (Å²) < 4.78 is 0. The lowest BCUT2D eigenvalue weighted by Crippen LogP contribution is -2.29. The average Bonchev–Trinajstić information content (AvgIpc) is 2.29. The fourth-order valence-electron chi connectivity index (χ4n) is 1.98. The summed E-state index contributed by atoms with van der Waals surface area (Å²) in [5.41, 5.74) is 2.25. The predicted molar refractivity (Wildman–Crippen MR) is 69.0 cm³/mol. The van der Waals surface area contributed by atoms with Gasteiger partial charge < -0.3 is 10.0 Å². The molecule has 0 unspecified atom stereocenters. The Hall–Kier alpha value is -1.48. The second kappa shape index (κ2) is 4.80. The van der Waals surface area contributed by atoms with E-state index in [0.29, 0.717) is 10.7 Å². The zero-order chi connectivity index (χ0) is 12.4. The summed E-state index contributed by atoms with van der Waals surface area (Å²) in [5.74, 6) is -0.975. The maximum absolute atomic E-state index is 11.2. The SMILES string of the molecule is CC1=CCN(c2cccc(Cl)c2C(=O)O)CC1. The van der Waals surface area contributed by atoms with E-state index in [1.54, 1.807) is 12.1 Å². The van der Waals surface area contributed by atoms with Gasteiger partial charge in [-0.3, -0.25) is 0 Å². The lowest BCUT2D eigenvalue weighted by molar-refractivity contribution is 0.0697. The molecule has 0 spiro atoms. The Kier molecular flexibility index (Phi) is 3.38. The minimum absolute atomic E-state index is 0.196. The summed E-state index contributed by atoms with van der Waals surface area (Å²) in [5, 5.41) is 9.50. The van der Waals surface area contributed by atoms with Crippen LogP contribution in [0.15, 0.2) is 29.8 Å². The maximum atomic E-state index is 11.2. The molecule has 0 fully saturated rings. The predicted octanol–water partition coefficient (Wildman–Crippen LogP) is 3.19. The lowest BCUT2D eigenvalue weighted by atomic mass is 10.1. The Morgan fingerprint density at radius 2 is 2.24 bits per heavy atom. The number of benzene rings is 1. The normalized spacial score (nSPS) is 15.6. The van der Waals surface area contributed by atoms with Crippen molar-refractivity contribution in [2.24, 2.45) is 0 Å². The van der Waals surface area contributed by atoms with Crippen LogP contribution >= 0.6 is 11.6 Å². The number of carboxylic acids is 1. The molecule has 0 amide bonds. The topological polar surface area (TPSA) is 40.5 Å². The molecule has 1 aromatic carbocycles. The molecule has 0 aliphatic carbocycles. The van der Waals surface area contributed by atoms with Crippen molar-refractivity contribution in [2.75, 3.05) is 18.0 Å². The van der Waals surface area contributed by atoms with Crippen LogP contribution < -0.4 is 4.90 Å². The zero-order valence-corrected chi connectivity index (χ0v) is 10.4. The highest BCUT2D eigenvalue weighted by Crippen LogP contribution is 2.29. The lowest BCUT2D eigenvalue weighted by Gasteiger charge is -2.29. The molecule has 3 nitrogen and oxygen atoms in total. The number of nitrogens with zero attached hydrogens (tertiary/aromatic N) is 1. The van der Waals surface area contributed by atoms with Crippen LogP contribution in [0.25, 0.3) is 0 Å². The van der Waals surface area contributed by atoms with Gasteiger partial charge in [0.2, 0.25) is 0 Å². The third-order valence-corrected chi connectivity index (χ3v) is 3.30. The molecule has 0 radical (unpaired) electrons. The molecule has 1 aliphatic rings. The average molecular weight is 252 g/mol. The van der Waals surface area contributed by atoms with E-state index in [-0.39, 0.29) is 5.56 Å². The minimum Gasteiger partial charge on any atom is -0.478 e. The molecule has 1 aromatic rings. The highest BCUT2D eigenvalue weighted by atomic mass is 35.5. The highest BCUT2D eigenvalue weighted by molar-refractivity contribution is 6.34. The molecule has 1 N–H and O–H groups in total. The van der Waals surface area contributed by atoms with E-state index in [4.69, 9.17) is 11.6 Å². The fraction of sp³-hybridized carbons (Fsp3) is 0.308. The first-order valence-electron chi connectivity index (χ1n) is 5.52. The van der Waals surface area contributed by atoms with E-state index in [1.165, 1.54) is 5.57 Å². The van der Waals surface area contributed by atoms with Crippen LogP contribution in [0.5, 0.6) is 0 Å². The monoisotopic (exact) mass is 251 g/mol. The van der Waals surface area contributed by atoms with Crippen molar-refractivity contribution in [2.45, 2.75) is 13.3 Å². The van der Waals surface area contributed by atoms with Gasteiger partial charge in [-0.25, -0.2) is 4.79 Å². The van der Waals surface area contributed by atoms with Gasteiger partial charge in [0.1, 0.15) is 5.56 Å². The fourth-order valence-corrected chi connectivity index (χ4v) is 2.23. The van der Waals surface area contributed by atoms with Crippen LogP contribution in [0.4, 0.5) is 5.69 Å². The van der Waals surface area contributed by atoms with Crippen molar-refractivity contribution in [3.8, 4) is 0 Å². The number of anilines is 1. The first-order chi connectivity index (χ1) is 8.09. The molecule has 0 aromatic heterocycles. The first-order valence-corrected chi connectivity index (χ1v) is 5.90. The number of halogens is 1. The van der Waals surface area contributed by atoms with Gasteiger partial charge in [0, 0.05) is 13.1 Å². The van der Waals surface area contributed by atoms with Crippen LogP contribution in [0.2, 0.25) is 5.02 Å². The molecule has 1 aliphatic heterocycles. The standard InChI is InChI=1S/C13H14ClNO2/c1-9-5-7-15(8-6-9)11-4-2-3-10(14)12(11)13(16)17/h2-5H,6-8H2,1H3,(H,16,17). The van der Waals surface area contributed by atoms with Crippen LogP contribution in [-0.2, 0) is 0 Å². The third kappa shape index (κ3) is 2.44. The molecule has 0 atom stereocenters. The van der Waals surface area contributed by atoms with Gasteiger partial charge in [0.15, 0.2) is 0 Å². The van der Waals surface area contributed by atoms with Gasteiger partial charge in [0.05, 0.1) is 10.7 Å². The molecule has 90 valence electrons. The van der Waals surface area contributed by atoms with Crippen molar-refractivity contribution in [3.05, 3.63) is 40.4 Å². The summed E-state index contributed by atoms with van der Waals surface area (Å²) in [6, 6.07) is 5.21. The van der Waals surface area contributed by atoms with Crippen LogP contribution in [0.3, 0.4) is 0 Å². The van der Waals surface area contributed by atoms with Gasteiger partial charge in [-0.1, -0.05) is 29.3 Å². The Morgan fingerprint density at radius 3 is 2.82 bits per heavy atom. The Labute approximate surface area is 105 Å². The van der Waals surface area contributed by atoms with E-state index >= 15 is 0 Å². The molecule has 0 saturated heterocycles. The summed E-state index contributed by atoms with van der Waals surface area (Å²) in [6.07, 6.45) is 3.08. The van der Waals surface area contributed by atoms with Crippen LogP contribution in [0.1, 0.15) is 23.7 Å². The molecule has 0 bridgehead atoms. The van der Waals surface area contributed by atoms with E-state index < -0.39 is 5.97 Å². The van der Waals surface area contributed by atoms with E-state index in [9.17, 15) is 9.90 Å². The van der Waals surface area contributed by atoms with Crippen LogP contribution in [-0.4, -0.2) is 24.2 Å². The van der Waals surface area contributed by atoms with E-state index in [1.807, 2.05) is 11.0 Å². The molecular weight excluding hydrogens is 238 g/mol. The van der Waals surface area contributed by atoms with Gasteiger partial charge in [-0.2, -0.15) is 0 Å².